The van der Waals surface area contributed by atoms with E-state index in [0.717, 1.165) is 12.2 Å². The van der Waals surface area contributed by atoms with Crippen molar-refractivity contribution in [2.24, 2.45) is 10.9 Å². The van der Waals surface area contributed by atoms with Crippen LogP contribution < -0.4 is 16.0 Å². The molecule has 0 radical (unpaired) electrons. The van der Waals surface area contributed by atoms with E-state index < -0.39 is 6.09 Å². The van der Waals surface area contributed by atoms with Gasteiger partial charge in [-0.2, -0.15) is 0 Å². The van der Waals surface area contributed by atoms with Crippen LogP contribution in [0.2, 0.25) is 0 Å². The van der Waals surface area contributed by atoms with Crippen molar-refractivity contribution in [2.45, 2.75) is 39.8 Å². The minimum atomic E-state index is -0.390. The molecule has 0 fully saturated rings. The number of guanidine groups is 1. The molecule has 1 rings (SSSR count). The summed E-state index contributed by atoms with van der Waals surface area (Å²) < 4.78 is 10.2. The molecule has 1 atom stereocenters. The SMILES string of the molecule is CCOC(=O)NC(CNC(=NC)NCc1ccco1)CC(C)C. The summed E-state index contributed by atoms with van der Waals surface area (Å²) in [4.78, 5) is 15.8. The Kier molecular flexibility index (Phi) is 8.64. The van der Waals surface area contributed by atoms with Gasteiger partial charge in [-0.05, 0) is 31.4 Å². The molecule has 1 aromatic heterocycles. The van der Waals surface area contributed by atoms with E-state index in [9.17, 15) is 4.79 Å². The topological polar surface area (TPSA) is 87.9 Å². The molecule has 0 spiro atoms. The zero-order chi connectivity index (χ0) is 17.1. The molecular weight excluding hydrogens is 296 g/mol. The molecule has 0 aromatic carbocycles. The van der Waals surface area contributed by atoms with Crippen LogP contribution in [0.25, 0.3) is 0 Å². The number of aliphatic imine (C=N–C) groups is 1. The smallest absolute Gasteiger partial charge is 0.407 e. The molecule has 1 amide bonds. The summed E-state index contributed by atoms with van der Waals surface area (Å²) >= 11 is 0. The molecule has 0 aliphatic carbocycles. The van der Waals surface area contributed by atoms with Gasteiger partial charge in [-0.1, -0.05) is 13.8 Å². The summed E-state index contributed by atoms with van der Waals surface area (Å²) in [6.07, 6.45) is 2.09. The van der Waals surface area contributed by atoms with E-state index in [4.69, 9.17) is 9.15 Å². The molecule has 0 saturated carbocycles. The number of hydrogen-bond acceptors (Lipinski definition) is 4. The molecule has 7 nitrogen and oxygen atoms in total. The lowest BCUT2D eigenvalue weighted by Crippen LogP contribution is -2.47. The van der Waals surface area contributed by atoms with Gasteiger partial charge in [-0.25, -0.2) is 4.79 Å². The van der Waals surface area contributed by atoms with E-state index in [-0.39, 0.29) is 6.04 Å². The maximum atomic E-state index is 11.6. The Hall–Kier alpha value is -2.18. The largest absolute Gasteiger partial charge is 0.467 e. The standard InChI is InChI=1S/C16H28N4O3/c1-5-22-16(21)20-13(9-12(2)3)10-18-15(17-4)19-11-14-7-6-8-23-14/h6-8,12-13H,5,9-11H2,1-4H3,(H,20,21)(H2,17,18,19). The van der Waals surface area contributed by atoms with Crippen molar-refractivity contribution < 1.29 is 13.9 Å². The fraction of sp³-hybridized carbons (Fsp3) is 0.625. The van der Waals surface area contributed by atoms with Crippen LogP contribution in [-0.4, -0.2) is 38.3 Å². The van der Waals surface area contributed by atoms with Gasteiger partial charge in [0.1, 0.15) is 5.76 Å². The number of nitrogens with zero attached hydrogens (tertiary/aromatic N) is 1. The lowest BCUT2D eigenvalue weighted by molar-refractivity contribution is 0.146. The van der Waals surface area contributed by atoms with Gasteiger partial charge in [0, 0.05) is 19.6 Å². The highest BCUT2D eigenvalue weighted by molar-refractivity contribution is 5.79. The summed E-state index contributed by atoms with van der Waals surface area (Å²) in [5, 5.41) is 9.25. The van der Waals surface area contributed by atoms with Crippen molar-refractivity contribution in [3.8, 4) is 0 Å². The maximum absolute atomic E-state index is 11.6. The predicted molar refractivity (Wildman–Crippen MR) is 90.3 cm³/mol. The molecule has 130 valence electrons. The van der Waals surface area contributed by atoms with Gasteiger partial charge in [-0.3, -0.25) is 4.99 Å². The highest BCUT2D eigenvalue weighted by atomic mass is 16.5. The maximum Gasteiger partial charge on any atom is 0.407 e. The first kappa shape index (κ1) is 18.9. The third-order valence-corrected chi connectivity index (χ3v) is 3.10. The van der Waals surface area contributed by atoms with E-state index in [1.54, 1.807) is 20.2 Å². The first-order chi connectivity index (χ1) is 11.0. The summed E-state index contributed by atoms with van der Waals surface area (Å²) in [5.41, 5.74) is 0. The zero-order valence-electron chi connectivity index (χ0n) is 14.4. The van der Waals surface area contributed by atoms with Crippen LogP contribution in [-0.2, 0) is 11.3 Å². The summed E-state index contributed by atoms with van der Waals surface area (Å²) in [6.45, 7) is 7.49. The van der Waals surface area contributed by atoms with Crippen LogP contribution in [0.1, 0.15) is 33.0 Å². The molecule has 3 N–H and O–H groups in total. The van der Waals surface area contributed by atoms with Crippen LogP contribution in [0.3, 0.4) is 0 Å². The second kappa shape index (κ2) is 10.5. The van der Waals surface area contributed by atoms with Crippen LogP contribution in [0.15, 0.2) is 27.8 Å². The molecule has 0 bridgehead atoms. The number of furan rings is 1. The average molecular weight is 324 g/mol. The van der Waals surface area contributed by atoms with Crippen molar-refractivity contribution in [1.29, 1.82) is 0 Å². The second-order valence-electron chi connectivity index (χ2n) is 5.58. The number of rotatable bonds is 8. The third-order valence-electron chi connectivity index (χ3n) is 3.10. The van der Waals surface area contributed by atoms with Gasteiger partial charge in [0.2, 0.25) is 0 Å². The highest BCUT2D eigenvalue weighted by Gasteiger charge is 2.15. The molecule has 7 heteroatoms. The number of amides is 1. The first-order valence-electron chi connectivity index (χ1n) is 7.95. The molecule has 1 unspecified atom stereocenters. The van der Waals surface area contributed by atoms with E-state index in [1.165, 1.54) is 0 Å². The summed E-state index contributed by atoms with van der Waals surface area (Å²) in [5.74, 6) is 1.94. The Balaban J connectivity index is 2.44. The van der Waals surface area contributed by atoms with E-state index >= 15 is 0 Å². The monoisotopic (exact) mass is 324 g/mol. The predicted octanol–water partition coefficient (Wildman–Crippen LogP) is 2.11. The fourth-order valence-corrected chi connectivity index (χ4v) is 2.13. The molecule has 23 heavy (non-hydrogen) atoms. The number of nitrogens with one attached hydrogen (secondary N) is 3. The van der Waals surface area contributed by atoms with Crippen molar-refractivity contribution >= 4 is 12.1 Å². The summed E-state index contributed by atoms with van der Waals surface area (Å²) in [7, 11) is 1.70. The van der Waals surface area contributed by atoms with Crippen LogP contribution in [0.5, 0.6) is 0 Å². The molecule has 1 heterocycles. The van der Waals surface area contributed by atoms with Crippen molar-refractivity contribution in [3.63, 3.8) is 0 Å². The van der Waals surface area contributed by atoms with Gasteiger partial charge >= 0.3 is 6.09 Å². The molecule has 0 aliphatic rings. The van der Waals surface area contributed by atoms with Crippen LogP contribution in [0, 0.1) is 5.92 Å². The van der Waals surface area contributed by atoms with Gasteiger partial charge in [0.25, 0.3) is 0 Å². The van der Waals surface area contributed by atoms with Crippen molar-refractivity contribution in [3.05, 3.63) is 24.2 Å². The lowest BCUT2D eigenvalue weighted by Gasteiger charge is -2.22. The van der Waals surface area contributed by atoms with Gasteiger partial charge in [0.15, 0.2) is 5.96 Å². The van der Waals surface area contributed by atoms with Crippen LogP contribution in [0.4, 0.5) is 4.79 Å². The van der Waals surface area contributed by atoms with Gasteiger partial charge in [0.05, 0.1) is 19.4 Å². The molecule has 1 aromatic rings. The molecular formula is C16H28N4O3. The Bertz CT molecular complexity index is 472. The molecule has 0 aliphatic heterocycles. The van der Waals surface area contributed by atoms with Crippen molar-refractivity contribution in [2.75, 3.05) is 20.2 Å². The Morgan fingerprint density at radius 3 is 2.74 bits per heavy atom. The second-order valence-corrected chi connectivity index (χ2v) is 5.58. The Morgan fingerprint density at radius 2 is 2.17 bits per heavy atom. The quantitative estimate of drug-likeness (QED) is 0.503. The van der Waals surface area contributed by atoms with E-state index in [2.05, 4.69) is 34.8 Å². The Morgan fingerprint density at radius 1 is 1.39 bits per heavy atom. The zero-order valence-corrected chi connectivity index (χ0v) is 14.4. The van der Waals surface area contributed by atoms with Gasteiger partial charge < -0.3 is 25.1 Å². The third kappa shape index (κ3) is 8.13. The number of carbonyl (C=O) groups is 1. The minimum absolute atomic E-state index is 0.0313. The van der Waals surface area contributed by atoms with E-state index in [0.29, 0.717) is 31.6 Å². The summed E-state index contributed by atoms with van der Waals surface area (Å²) in [6, 6.07) is 3.70. The lowest BCUT2D eigenvalue weighted by atomic mass is 10.0. The van der Waals surface area contributed by atoms with Crippen molar-refractivity contribution in [1.82, 2.24) is 16.0 Å². The molecule has 0 saturated heterocycles. The average Bonchev–Trinajstić information content (AvgIpc) is 3.00. The van der Waals surface area contributed by atoms with Gasteiger partial charge in [-0.15, -0.1) is 0 Å². The number of alkyl carbamates (subject to hydrolysis) is 1. The normalized spacial score (nSPS) is 12.8. The Labute approximate surface area is 137 Å². The number of carbonyl (C=O) groups excluding carboxylic acids is 1. The van der Waals surface area contributed by atoms with E-state index in [1.807, 2.05) is 12.1 Å². The first-order valence-corrected chi connectivity index (χ1v) is 7.95. The highest BCUT2D eigenvalue weighted by Crippen LogP contribution is 2.04. The minimum Gasteiger partial charge on any atom is -0.467 e. The fourth-order valence-electron chi connectivity index (χ4n) is 2.13. The van der Waals surface area contributed by atoms with Crippen LogP contribution >= 0.6 is 0 Å². The number of hydrogen-bond donors (Lipinski definition) is 3. The number of ether oxygens (including phenoxy) is 1.